The normalized spacial score (nSPS) is 13.5. The molecule has 0 aliphatic heterocycles. The molecule has 11 heteroatoms. The van der Waals surface area contributed by atoms with E-state index in [1.54, 1.807) is 6.92 Å². The predicted molar refractivity (Wildman–Crippen MR) is 122 cm³/mol. The Balaban J connectivity index is 1.90. The van der Waals surface area contributed by atoms with Crippen molar-refractivity contribution < 1.29 is 27.1 Å². The summed E-state index contributed by atoms with van der Waals surface area (Å²) in [5.74, 6) is -1.65. The minimum absolute atomic E-state index is 0.145. The highest BCUT2D eigenvalue weighted by atomic mass is 32.2. The molecule has 174 valence electrons. The third-order valence-electron chi connectivity index (χ3n) is 5.05. The van der Waals surface area contributed by atoms with Gasteiger partial charge < -0.3 is 10.1 Å². The number of hydrogen-bond donors (Lipinski definition) is 1. The number of carbonyl (C=O) groups excluding carboxylic acids is 2. The van der Waals surface area contributed by atoms with Crippen molar-refractivity contribution in [3.05, 3.63) is 46.1 Å². The molecule has 1 aromatic heterocycles. The van der Waals surface area contributed by atoms with Gasteiger partial charge in [0.25, 0.3) is 0 Å². The number of amides is 1. The molecule has 0 atom stereocenters. The number of ether oxygens (including phenoxy) is 1. The van der Waals surface area contributed by atoms with Crippen molar-refractivity contribution in [2.45, 2.75) is 32.6 Å². The maximum Gasteiger partial charge on any atom is 0.341 e. The first-order valence-corrected chi connectivity index (χ1v) is 12.4. The van der Waals surface area contributed by atoms with Gasteiger partial charge in [-0.05, 0) is 62.4 Å². The van der Waals surface area contributed by atoms with Crippen molar-refractivity contribution in [3.63, 3.8) is 0 Å². The highest BCUT2D eigenvalue weighted by Crippen LogP contribution is 2.38. The lowest BCUT2D eigenvalue weighted by Gasteiger charge is -2.26. The molecule has 0 radical (unpaired) electrons. The molecule has 1 aliphatic rings. The SMILES string of the molecule is CCOC(=O)c1c(NC(=O)CN(c2ccc(F)cc2)S(=O)(=O)N(C)C)sc2c1CCCC2. The van der Waals surface area contributed by atoms with Gasteiger partial charge in [-0.15, -0.1) is 11.3 Å². The van der Waals surface area contributed by atoms with E-state index in [1.807, 2.05) is 0 Å². The molecular formula is C21H26FN3O5S2. The molecular weight excluding hydrogens is 457 g/mol. The van der Waals surface area contributed by atoms with Crippen molar-refractivity contribution in [1.82, 2.24) is 4.31 Å². The van der Waals surface area contributed by atoms with E-state index in [4.69, 9.17) is 4.74 Å². The van der Waals surface area contributed by atoms with E-state index in [2.05, 4.69) is 5.32 Å². The zero-order valence-corrected chi connectivity index (χ0v) is 19.8. The van der Waals surface area contributed by atoms with Gasteiger partial charge in [0.1, 0.15) is 17.4 Å². The molecule has 0 saturated heterocycles. The monoisotopic (exact) mass is 483 g/mol. The van der Waals surface area contributed by atoms with Crippen LogP contribution in [0.3, 0.4) is 0 Å². The zero-order valence-electron chi connectivity index (χ0n) is 18.2. The summed E-state index contributed by atoms with van der Waals surface area (Å²) in [7, 11) is -1.35. The number of rotatable bonds is 8. The van der Waals surface area contributed by atoms with E-state index in [9.17, 15) is 22.4 Å². The Morgan fingerprint density at radius 1 is 1.16 bits per heavy atom. The van der Waals surface area contributed by atoms with Crippen molar-refractivity contribution in [1.29, 1.82) is 0 Å². The average molecular weight is 484 g/mol. The first-order chi connectivity index (χ1) is 15.1. The van der Waals surface area contributed by atoms with Crippen LogP contribution < -0.4 is 9.62 Å². The molecule has 8 nitrogen and oxygen atoms in total. The average Bonchev–Trinajstić information content (AvgIpc) is 3.10. The standard InChI is InChI=1S/C21H26FN3O5S2/c1-4-30-21(27)19-16-7-5-6-8-17(16)31-20(19)23-18(26)13-25(32(28,29)24(2)3)15-11-9-14(22)10-12-15/h9-12H,4-8,13H2,1-3H3,(H,23,26). The summed E-state index contributed by atoms with van der Waals surface area (Å²) in [6.45, 7) is 1.37. The van der Waals surface area contributed by atoms with Gasteiger partial charge in [-0.3, -0.25) is 4.79 Å². The number of aryl methyl sites for hydroxylation is 1. The first-order valence-electron chi connectivity index (χ1n) is 10.2. The van der Waals surface area contributed by atoms with Crippen molar-refractivity contribution >= 4 is 44.1 Å². The second kappa shape index (κ2) is 9.97. The number of halogens is 1. The number of esters is 1. The summed E-state index contributed by atoms with van der Waals surface area (Å²) >= 11 is 1.32. The van der Waals surface area contributed by atoms with Crippen LogP contribution in [-0.4, -0.2) is 51.8 Å². The Kier molecular flexibility index (Phi) is 7.52. The van der Waals surface area contributed by atoms with Gasteiger partial charge in [-0.25, -0.2) is 13.5 Å². The van der Waals surface area contributed by atoms with Crippen LogP contribution >= 0.6 is 11.3 Å². The number of carbonyl (C=O) groups is 2. The second-order valence-electron chi connectivity index (χ2n) is 7.46. The van der Waals surface area contributed by atoms with E-state index in [0.717, 1.165) is 56.9 Å². The van der Waals surface area contributed by atoms with Gasteiger partial charge in [-0.1, -0.05) is 0 Å². The van der Waals surface area contributed by atoms with Gasteiger partial charge in [-0.2, -0.15) is 12.7 Å². The largest absolute Gasteiger partial charge is 0.462 e. The minimum atomic E-state index is -4.03. The maximum absolute atomic E-state index is 13.4. The highest BCUT2D eigenvalue weighted by Gasteiger charge is 2.30. The van der Waals surface area contributed by atoms with Crippen LogP contribution in [0.2, 0.25) is 0 Å². The van der Waals surface area contributed by atoms with Crippen LogP contribution in [0.25, 0.3) is 0 Å². The molecule has 0 fully saturated rings. The van der Waals surface area contributed by atoms with Crippen LogP contribution in [0.1, 0.15) is 40.6 Å². The number of benzene rings is 1. The predicted octanol–water partition coefficient (Wildman–Crippen LogP) is 3.19. The molecule has 2 aromatic rings. The molecule has 1 N–H and O–H groups in total. The van der Waals surface area contributed by atoms with E-state index >= 15 is 0 Å². The second-order valence-corrected chi connectivity index (χ2v) is 10.6. The maximum atomic E-state index is 13.4. The van der Waals surface area contributed by atoms with E-state index in [1.165, 1.54) is 37.6 Å². The number of anilines is 2. The third kappa shape index (κ3) is 5.11. The summed E-state index contributed by atoms with van der Waals surface area (Å²) in [6, 6.07) is 4.82. The fourth-order valence-corrected chi connectivity index (χ4v) is 5.84. The Labute approximate surface area is 191 Å². The Morgan fingerprint density at radius 2 is 1.81 bits per heavy atom. The fraction of sp³-hybridized carbons (Fsp3) is 0.429. The van der Waals surface area contributed by atoms with E-state index < -0.39 is 34.4 Å². The number of nitrogens with one attached hydrogen (secondary N) is 1. The molecule has 0 saturated carbocycles. The zero-order chi connectivity index (χ0) is 23.5. The molecule has 3 rings (SSSR count). The van der Waals surface area contributed by atoms with Crippen LogP contribution in [0.4, 0.5) is 15.1 Å². The lowest BCUT2D eigenvalue weighted by molar-refractivity contribution is -0.114. The molecule has 0 unspecified atom stereocenters. The Morgan fingerprint density at radius 3 is 2.44 bits per heavy atom. The van der Waals surface area contributed by atoms with Gasteiger partial charge in [0.05, 0.1) is 17.9 Å². The molecule has 1 aromatic carbocycles. The number of nitrogens with zero attached hydrogens (tertiary/aromatic N) is 2. The quantitative estimate of drug-likeness (QED) is 0.582. The van der Waals surface area contributed by atoms with Crippen molar-refractivity contribution in [2.75, 3.05) is 36.9 Å². The lowest BCUT2D eigenvalue weighted by atomic mass is 9.95. The summed E-state index contributed by atoms with van der Waals surface area (Å²) < 4.78 is 46.1. The van der Waals surface area contributed by atoms with Crippen LogP contribution in [0, 0.1) is 5.82 Å². The van der Waals surface area contributed by atoms with Gasteiger partial charge in [0, 0.05) is 19.0 Å². The third-order valence-corrected chi connectivity index (χ3v) is 8.07. The number of hydrogen-bond acceptors (Lipinski definition) is 6. The molecule has 1 aliphatic carbocycles. The Hall–Kier alpha value is -2.50. The van der Waals surface area contributed by atoms with E-state index in [0.29, 0.717) is 10.6 Å². The summed E-state index contributed by atoms with van der Waals surface area (Å²) in [5, 5.41) is 3.07. The molecule has 0 spiro atoms. The summed E-state index contributed by atoms with van der Waals surface area (Å²) in [5.41, 5.74) is 1.39. The van der Waals surface area contributed by atoms with Crippen LogP contribution in [0.15, 0.2) is 24.3 Å². The fourth-order valence-electron chi connectivity index (χ4n) is 3.48. The summed E-state index contributed by atoms with van der Waals surface area (Å²) in [4.78, 5) is 26.5. The summed E-state index contributed by atoms with van der Waals surface area (Å²) in [6.07, 6.45) is 3.50. The lowest BCUT2D eigenvalue weighted by Crippen LogP contribution is -2.44. The van der Waals surface area contributed by atoms with Crippen molar-refractivity contribution in [3.8, 4) is 0 Å². The molecule has 0 bridgehead atoms. The van der Waals surface area contributed by atoms with Gasteiger partial charge in [0.15, 0.2) is 0 Å². The molecule has 1 heterocycles. The number of thiophene rings is 1. The molecule has 32 heavy (non-hydrogen) atoms. The molecule has 1 amide bonds. The van der Waals surface area contributed by atoms with Crippen LogP contribution in [-0.2, 0) is 32.6 Å². The van der Waals surface area contributed by atoms with Crippen LogP contribution in [0.5, 0.6) is 0 Å². The minimum Gasteiger partial charge on any atom is -0.462 e. The van der Waals surface area contributed by atoms with Crippen molar-refractivity contribution in [2.24, 2.45) is 0 Å². The van der Waals surface area contributed by atoms with Gasteiger partial charge in [0.2, 0.25) is 5.91 Å². The van der Waals surface area contributed by atoms with E-state index in [-0.39, 0.29) is 12.3 Å². The highest BCUT2D eigenvalue weighted by molar-refractivity contribution is 7.90. The topological polar surface area (TPSA) is 96.0 Å². The smallest absolute Gasteiger partial charge is 0.341 e. The Bertz CT molecular complexity index is 1100. The first kappa shape index (κ1) is 24.1. The van der Waals surface area contributed by atoms with Gasteiger partial charge >= 0.3 is 16.2 Å². The number of fused-ring (bicyclic) bond motifs is 1.